The monoisotopic (exact) mass is 358 g/mol. The van der Waals surface area contributed by atoms with Crippen molar-refractivity contribution in [1.29, 1.82) is 0 Å². The minimum Gasteiger partial charge on any atom is -0.257 e. The van der Waals surface area contributed by atoms with Crippen LogP contribution in [0.2, 0.25) is 0 Å². The predicted molar refractivity (Wildman–Crippen MR) is 115 cm³/mol. The van der Waals surface area contributed by atoms with Crippen LogP contribution in [-0.2, 0) is 0 Å². The summed E-state index contributed by atoms with van der Waals surface area (Å²) in [5.41, 5.74) is 4.33. The van der Waals surface area contributed by atoms with E-state index in [9.17, 15) is 0 Å². The number of hydrogen-bond donors (Lipinski definition) is 0. The molecule has 27 heavy (non-hydrogen) atoms. The van der Waals surface area contributed by atoms with E-state index < -0.39 is 0 Å². The molecule has 0 N–H and O–H groups in total. The molecule has 0 radical (unpaired) electrons. The first-order valence-corrected chi connectivity index (χ1v) is 9.79. The molecule has 0 heterocycles. The first-order valence-electron chi connectivity index (χ1n) is 9.79. The van der Waals surface area contributed by atoms with E-state index in [0.29, 0.717) is 0 Å². The maximum absolute atomic E-state index is 4.64. The third kappa shape index (κ3) is 4.32. The molecule has 0 spiro atoms. The molecule has 3 aromatic carbocycles. The van der Waals surface area contributed by atoms with Crippen LogP contribution in [0.1, 0.15) is 26.7 Å². The highest BCUT2D eigenvalue weighted by atomic mass is 15.4. The number of para-hydroxylation sites is 2. The zero-order valence-corrected chi connectivity index (χ0v) is 16.3. The highest BCUT2D eigenvalue weighted by Crippen LogP contribution is 2.42. The largest absolute Gasteiger partial charge is 0.257 e. The van der Waals surface area contributed by atoms with E-state index >= 15 is 0 Å². The van der Waals surface area contributed by atoms with Crippen molar-refractivity contribution in [2.45, 2.75) is 26.7 Å². The van der Waals surface area contributed by atoms with E-state index in [0.717, 1.165) is 41.8 Å². The van der Waals surface area contributed by atoms with Crippen molar-refractivity contribution in [1.82, 2.24) is 4.48 Å². The Morgan fingerprint density at radius 3 is 1.81 bits per heavy atom. The minimum atomic E-state index is 0.803. The number of quaternary nitrogens is 1. The summed E-state index contributed by atoms with van der Waals surface area (Å²) in [6.07, 6.45) is 2.19. The lowest BCUT2D eigenvalue weighted by Gasteiger charge is -2.38. The number of hydrogen-bond acceptors (Lipinski definition) is 2. The third-order valence-electron chi connectivity index (χ3n) is 4.83. The molecule has 0 amide bonds. The summed E-state index contributed by atoms with van der Waals surface area (Å²) >= 11 is 0. The average Bonchev–Trinajstić information content (AvgIpc) is 2.74. The van der Waals surface area contributed by atoms with Gasteiger partial charge in [0.1, 0.15) is 11.4 Å². The van der Waals surface area contributed by atoms with Crippen LogP contribution in [0.15, 0.2) is 95.2 Å². The Bertz CT molecular complexity index is 851. The lowest BCUT2D eigenvalue weighted by molar-refractivity contribution is 0.380. The third-order valence-corrected chi connectivity index (χ3v) is 4.83. The standard InChI is InChI=1S/C24H28N3/c1-3-19-27(20-4-2,22-15-9-6-10-16-22)24-18-12-11-17-23(24)26-25-21-13-7-5-8-14-21/h5-18H,3-4,19-20H2,1-2H3/q+1. The van der Waals surface area contributed by atoms with Gasteiger partial charge in [0.05, 0.1) is 18.8 Å². The second-order valence-electron chi connectivity index (χ2n) is 6.77. The van der Waals surface area contributed by atoms with Gasteiger partial charge in [-0.1, -0.05) is 62.4 Å². The summed E-state index contributed by atoms with van der Waals surface area (Å²) in [4.78, 5) is 0. The molecule has 0 atom stereocenters. The predicted octanol–water partition coefficient (Wildman–Crippen LogP) is 7.56. The zero-order chi connectivity index (χ0) is 19.0. The summed E-state index contributed by atoms with van der Waals surface area (Å²) in [7, 11) is 0. The summed E-state index contributed by atoms with van der Waals surface area (Å²) in [6.45, 7) is 6.57. The van der Waals surface area contributed by atoms with Crippen LogP contribution >= 0.6 is 0 Å². The molecule has 0 aliphatic rings. The van der Waals surface area contributed by atoms with Gasteiger partial charge in [-0.25, -0.2) is 0 Å². The molecule has 0 aromatic heterocycles. The molecule has 3 aromatic rings. The normalized spacial score (nSPS) is 11.8. The molecular weight excluding hydrogens is 330 g/mol. The van der Waals surface area contributed by atoms with Crippen LogP contribution in [0.5, 0.6) is 0 Å². The van der Waals surface area contributed by atoms with Crippen molar-refractivity contribution >= 4 is 22.7 Å². The van der Waals surface area contributed by atoms with E-state index in [1.54, 1.807) is 0 Å². The Labute approximate surface area is 162 Å². The Kier molecular flexibility index (Phi) is 6.50. The Morgan fingerprint density at radius 1 is 0.630 bits per heavy atom. The molecule has 138 valence electrons. The molecule has 0 aliphatic carbocycles. The Morgan fingerprint density at radius 2 is 1.19 bits per heavy atom. The fraction of sp³-hybridized carbons (Fsp3) is 0.250. The van der Waals surface area contributed by atoms with E-state index in [4.69, 9.17) is 0 Å². The molecule has 0 bridgehead atoms. The second kappa shape index (κ2) is 9.24. The lowest BCUT2D eigenvalue weighted by atomic mass is 10.1. The van der Waals surface area contributed by atoms with Crippen LogP contribution in [0, 0.1) is 0 Å². The van der Waals surface area contributed by atoms with Crippen LogP contribution in [0.25, 0.3) is 0 Å². The number of benzene rings is 3. The molecule has 0 aliphatic heterocycles. The zero-order valence-electron chi connectivity index (χ0n) is 16.3. The lowest BCUT2D eigenvalue weighted by Crippen LogP contribution is -2.45. The minimum absolute atomic E-state index is 0.803. The number of nitrogens with zero attached hydrogens (tertiary/aromatic N) is 3. The van der Waals surface area contributed by atoms with Crippen molar-refractivity contribution in [3.63, 3.8) is 0 Å². The van der Waals surface area contributed by atoms with Gasteiger partial charge in [-0.3, -0.25) is 4.48 Å². The van der Waals surface area contributed by atoms with Gasteiger partial charge in [-0.2, -0.15) is 5.11 Å². The molecule has 0 fully saturated rings. The van der Waals surface area contributed by atoms with Crippen molar-refractivity contribution < 1.29 is 0 Å². The highest BCUT2D eigenvalue weighted by Gasteiger charge is 2.34. The smallest absolute Gasteiger partial charge is 0.165 e. The molecular formula is C24H28N3+. The van der Waals surface area contributed by atoms with Gasteiger partial charge < -0.3 is 0 Å². The maximum atomic E-state index is 4.64. The van der Waals surface area contributed by atoms with Gasteiger partial charge in [-0.15, -0.1) is 5.11 Å². The Hall–Kier alpha value is -2.78. The van der Waals surface area contributed by atoms with Crippen molar-refractivity contribution in [3.05, 3.63) is 84.9 Å². The van der Waals surface area contributed by atoms with E-state index in [1.165, 1.54) is 11.4 Å². The summed E-state index contributed by atoms with van der Waals surface area (Å²) in [6, 6.07) is 29.1. The first-order chi connectivity index (χ1) is 13.3. The first kappa shape index (κ1) is 19.0. The number of azo groups is 1. The molecule has 0 saturated carbocycles. The quantitative estimate of drug-likeness (QED) is 0.293. The van der Waals surface area contributed by atoms with Gasteiger partial charge in [0.2, 0.25) is 0 Å². The van der Waals surface area contributed by atoms with Crippen LogP contribution < -0.4 is 4.48 Å². The number of rotatable bonds is 8. The van der Waals surface area contributed by atoms with E-state index in [-0.39, 0.29) is 0 Å². The van der Waals surface area contributed by atoms with Crippen molar-refractivity contribution in [3.8, 4) is 0 Å². The fourth-order valence-electron chi connectivity index (χ4n) is 3.74. The van der Waals surface area contributed by atoms with E-state index in [1.807, 2.05) is 36.4 Å². The Balaban J connectivity index is 2.11. The molecule has 3 heteroatoms. The van der Waals surface area contributed by atoms with E-state index in [2.05, 4.69) is 72.6 Å². The summed E-state index contributed by atoms with van der Waals surface area (Å²) < 4.78 is 0.803. The molecule has 0 saturated heterocycles. The van der Waals surface area contributed by atoms with Gasteiger partial charge in [0.15, 0.2) is 5.69 Å². The SMILES string of the molecule is CCC[N+](CCC)(c1ccccc1)c1ccccc1N=Nc1ccccc1. The molecule has 3 rings (SSSR count). The van der Waals surface area contributed by atoms with Gasteiger partial charge >= 0.3 is 0 Å². The van der Waals surface area contributed by atoms with Gasteiger partial charge in [0, 0.05) is 6.07 Å². The summed E-state index contributed by atoms with van der Waals surface area (Å²) in [5, 5.41) is 9.12. The molecule has 3 nitrogen and oxygen atoms in total. The highest BCUT2D eigenvalue weighted by molar-refractivity contribution is 5.70. The average molecular weight is 359 g/mol. The maximum Gasteiger partial charge on any atom is 0.165 e. The summed E-state index contributed by atoms with van der Waals surface area (Å²) in [5.74, 6) is 0. The van der Waals surface area contributed by atoms with Crippen LogP contribution in [0.3, 0.4) is 0 Å². The van der Waals surface area contributed by atoms with Crippen LogP contribution in [-0.4, -0.2) is 13.1 Å². The molecule has 0 unspecified atom stereocenters. The van der Waals surface area contributed by atoms with Crippen molar-refractivity contribution in [2.75, 3.05) is 13.1 Å². The van der Waals surface area contributed by atoms with Gasteiger partial charge in [0.25, 0.3) is 0 Å². The fourth-order valence-corrected chi connectivity index (χ4v) is 3.74. The second-order valence-corrected chi connectivity index (χ2v) is 6.77. The van der Waals surface area contributed by atoms with Crippen molar-refractivity contribution in [2.24, 2.45) is 10.2 Å². The topological polar surface area (TPSA) is 24.7 Å². The van der Waals surface area contributed by atoms with Gasteiger partial charge in [-0.05, 0) is 43.2 Å². The van der Waals surface area contributed by atoms with Crippen LogP contribution in [0.4, 0.5) is 22.7 Å².